The maximum Gasteiger partial charge on any atom is 0.197 e. The van der Waals surface area contributed by atoms with E-state index in [0.717, 1.165) is 0 Å². The Hall–Kier alpha value is -1.65. The lowest BCUT2D eigenvalue weighted by atomic mass is 10.6. The Bertz CT molecular complexity index is 352. The molecule has 0 fully saturated rings. The van der Waals surface area contributed by atoms with Crippen LogP contribution >= 0.6 is 0 Å². The van der Waals surface area contributed by atoms with Crippen LogP contribution in [0.25, 0.3) is 11.3 Å². The standard InChI is InChI=1S/C5H5N5/c6-3-1-7-4-5(10-3)9-2-8-4/h1-2H,(H3,6,7,8,9,10). The molecule has 0 aliphatic rings. The molecule has 2 aromatic heterocycles. The molecule has 3 N–H and O–H groups in total. The van der Waals surface area contributed by atoms with Gasteiger partial charge in [-0.1, -0.05) is 0 Å². The van der Waals surface area contributed by atoms with Crippen molar-refractivity contribution >= 4 is 17.1 Å². The molecule has 2 aromatic rings. The molecular formula is C5H5N5. The normalized spacial score (nSPS) is 10.4. The lowest BCUT2D eigenvalue weighted by Crippen LogP contribution is -1.91. The van der Waals surface area contributed by atoms with E-state index in [1.54, 1.807) is 0 Å². The third-order valence-corrected chi connectivity index (χ3v) is 1.16. The van der Waals surface area contributed by atoms with Crippen molar-refractivity contribution < 1.29 is 0 Å². The molecule has 2 rings (SSSR count). The number of fused-ring (bicyclic) bond motifs is 1. The Morgan fingerprint density at radius 3 is 3.20 bits per heavy atom. The van der Waals surface area contributed by atoms with Crippen LogP contribution in [-0.2, 0) is 0 Å². The van der Waals surface area contributed by atoms with Crippen LogP contribution in [-0.4, -0.2) is 19.9 Å². The number of rotatable bonds is 0. The van der Waals surface area contributed by atoms with Crippen molar-refractivity contribution in [3.8, 4) is 0 Å². The molecule has 0 unspecified atom stereocenters. The predicted molar refractivity (Wildman–Crippen MR) is 36.1 cm³/mol. The van der Waals surface area contributed by atoms with Crippen LogP contribution in [0, 0.1) is 0 Å². The minimum absolute atomic E-state index is 0.400. The van der Waals surface area contributed by atoms with E-state index in [1.807, 2.05) is 0 Å². The summed E-state index contributed by atoms with van der Waals surface area (Å²) >= 11 is 0. The minimum Gasteiger partial charge on any atom is -0.382 e. The number of aromatic nitrogens is 4. The summed E-state index contributed by atoms with van der Waals surface area (Å²) in [5, 5.41) is 0. The smallest absolute Gasteiger partial charge is 0.197 e. The van der Waals surface area contributed by atoms with Crippen LogP contribution in [0.5, 0.6) is 0 Å². The van der Waals surface area contributed by atoms with Crippen molar-refractivity contribution in [2.24, 2.45) is 0 Å². The number of hydrogen-bond acceptors (Lipinski definition) is 4. The summed E-state index contributed by atoms with van der Waals surface area (Å²) in [4.78, 5) is 14.5. The van der Waals surface area contributed by atoms with Crippen molar-refractivity contribution in [1.82, 2.24) is 19.9 Å². The number of imidazole rings is 1. The lowest BCUT2D eigenvalue weighted by Gasteiger charge is -1.87. The van der Waals surface area contributed by atoms with Crippen molar-refractivity contribution in [2.45, 2.75) is 0 Å². The lowest BCUT2D eigenvalue weighted by molar-refractivity contribution is 1.26. The van der Waals surface area contributed by atoms with Gasteiger partial charge in [-0.2, -0.15) is 0 Å². The first-order valence-electron chi connectivity index (χ1n) is 2.78. The summed E-state index contributed by atoms with van der Waals surface area (Å²) in [5.74, 6) is 0.400. The van der Waals surface area contributed by atoms with E-state index in [9.17, 15) is 0 Å². The van der Waals surface area contributed by atoms with Gasteiger partial charge >= 0.3 is 0 Å². The van der Waals surface area contributed by atoms with Gasteiger partial charge in [0.2, 0.25) is 0 Å². The van der Waals surface area contributed by atoms with Gasteiger partial charge < -0.3 is 10.7 Å². The summed E-state index contributed by atoms with van der Waals surface area (Å²) in [6.07, 6.45) is 3.01. The Balaban J connectivity index is 2.86. The fraction of sp³-hybridized carbons (Fsp3) is 0. The molecule has 0 bridgehead atoms. The largest absolute Gasteiger partial charge is 0.382 e. The highest BCUT2D eigenvalue weighted by Crippen LogP contribution is 2.02. The number of anilines is 1. The topological polar surface area (TPSA) is 80.5 Å². The third kappa shape index (κ3) is 0.604. The van der Waals surface area contributed by atoms with Crippen molar-refractivity contribution in [2.75, 3.05) is 5.73 Å². The van der Waals surface area contributed by atoms with E-state index in [1.165, 1.54) is 12.5 Å². The zero-order valence-corrected chi connectivity index (χ0v) is 5.07. The average molecular weight is 135 g/mol. The maximum atomic E-state index is 5.36. The van der Waals surface area contributed by atoms with Gasteiger partial charge in [0.1, 0.15) is 5.82 Å². The van der Waals surface area contributed by atoms with Crippen LogP contribution < -0.4 is 5.73 Å². The van der Waals surface area contributed by atoms with Crippen LogP contribution in [0.1, 0.15) is 0 Å². The molecule has 0 amide bonds. The molecule has 10 heavy (non-hydrogen) atoms. The van der Waals surface area contributed by atoms with Crippen molar-refractivity contribution in [1.29, 1.82) is 0 Å². The Labute approximate surface area is 56.3 Å². The number of nitrogens with zero attached hydrogens (tertiary/aromatic N) is 3. The van der Waals surface area contributed by atoms with E-state index in [4.69, 9.17) is 5.73 Å². The third-order valence-electron chi connectivity index (χ3n) is 1.16. The highest BCUT2D eigenvalue weighted by Gasteiger charge is 1.96. The molecule has 0 aromatic carbocycles. The average Bonchev–Trinajstić information content (AvgIpc) is 2.33. The number of hydrogen-bond donors (Lipinski definition) is 2. The zero-order valence-electron chi connectivity index (χ0n) is 5.07. The fourth-order valence-electron chi connectivity index (χ4n) is 0.742. The highest BCUT2D eigenvalue weighted by molar-refractivity contribution is 5.65. The molecular weight excluding hydrogens is 130 g/mol. The quantitative estimate of drug-likeness (QED) is 0.530. The summed E-state index contributed by atoms with van der Waals surface area (Å²) in [6, 6.07) is 0. The highest BCUT2D eigenvalue weighted by atomic mass is 15.0. The molecule has 5 heteroatoms. The summed E-state index contributed by atoms with van der Waals surface area (Å²) < 4.78 is 0. The molecule has 0 aliphatic carbocycles. The number of nitrogens with one attached hydrogen (secondary N) is 1. The van der Waals surface area contributed by atoms with Crippen LogP contribution in [0.15, 0.2) is 12.5 Å². The zero-order chi connectivity index (χ0) is 6.97. The Morgan fingerprint density at radius 1 is 1.40 bits per heavy atom. The second kappa shape index (κ2) is 1.66. The van der Waals surface area contributed by atoms with Gasteiger partial charge in [0.15, 0.2) is 11.3 Å². The first-order valence-corrected chi connectivity index (χ1v) is 2.78. The first kappa shape index (κ1) is 5.16. The van der Waals surface area contributed by atoms with E-state index >= 15 is 0 Å². The Kier molecular flexibility index (Phi) is 0.858. The second-order valence-electron chi connectivity index (χ2n) is 1.87. The van der Waals surface area contributed by atoms with Gasteiger partial charge in [0, 0.05) is 0 Å². The van der Waals surface area contributed by atoms with Crippen LogP contribution in [0.4, 0.5) is 5.82 Å². The molecule has 0 radical (unpaired) electrons. The van der Waals surface area contributed by atoms with Crippen molar-refractivity contribution in [3.05, 3.63) is 12.5 Å². The molecule has 0 atom stereocenters. The van der Waals surface area contributed by atoms with Gasteiger partial charge in [0.05, 0.1) is 12.5 Å². The van der Waals surface area contributed by atoms with Gasteiger partial charge in [-0.15, -0.1) is 0 Å². The summed E-state index contributed by atoms with van der Waals surface area (Å²) in [5.41, 5.74) is 6.58. The van der Waals surface area contributed by atoms with Crippen LogP contribution in [0.2, 0.25) is 0 Å². The summed E-state index contributed by atoms with van der Waals surface area (Å²) in [6.45, 7) is 0. The van der Waals surface area contributed by atoms with Gasteiger partial charge in [0.25, 0.3) is 0 Å². The van der Waals surface area contributed by atoms with E-state index in [-0.39, 0.29) is 0 Å². The molecule has 0 saturated heterocycles. The first-order chi connectivity index (χ1) is 4.86. The number of nitrogen functional groups attached to an aromatic ring is 1. The molecule has 0 aliphatic heterocycles. The van der Waals surface area contributed by atoms with E-state index < -0.39 is 0 Å². The Morgan fingerprint density at radius 2 is 2.30 bits per heavy atom. The number of H-pyrrole nitrogens is 1. The molecule has 5 nitrogen and oxygen atoms in total. The van der Waals surface area contributed by atoms with Gasteiger partial charge in [-0.25, -0.2) is 15.0 Å². The van der Waals surface area contributed by atoms with Gasteiger partial charge in [-0.3, -0.25) is 0 Å². The number of nitrogens with two attached hydrogens (primary N) is 1. The predicted octanol–water partition coefficient (Wildman–Crippen LogP) is -0.0649. The molecule has 2 heterocycles. The monoisotopic (exact) mass is 135 g/mol. The molecule has 0 spiro atoms. The van der Waals surface area contributed by atoms with Crippen LogP contribution in [0.3, 0.4) is 0 Å². The van der Waals surface area contributed by atoms with Gasteiger partial charge in [-0.05, 0) is 0 Å². The minimum atomic E-state index is 0.400. The SMILES string of the molecule is Nc1cnc2nc[nH]c2n1. The maximum absolute atomic E-state index is 5.36. The molecule has 0 saturated carbocycles. The number of aromatic amines is 1. The van der Waals surface area contributed by atoms with E-state index in [0.29, 0.717) is 17.1 Å². The molecule has 50 valence electrons. The van der Waals surface area contributed by atoms with Crippen molar-refractivity contribution in [3.63, 3.8) is 0 Å². The fourth-order valence-corrected chi connectivity index (χ4v) is 0.742. The summed E-state index contributed by atoms with van der Waals surface area (Å²) in [7, 11) is 0. The van der Waals surface area contributed by atoms with E-state index in [2.05, 4.69) is 19.9 Å². The second-order valence-corrected chi connectivity index (χ2v) is 1.87.